The van der Waals surface area contributed by atoms with Crippen molar-refractivity contribution in [3.05, 3.63) is 12.3 Å². The summed E-state index contributed by atoms with van der Waals surface area (Å²) in [6.07, 6.45) is 0. The molecule has 0 saturated carbocycles. The third-order valence-electron chi connectivity index (χ3n) is 0.613. The maximum absolute atomic E-state index is 11.5. The quantitative estimate of drug-likeness (QED) is 0.703. The number of hydrogen-bond donors (Lipinski definition) is 1. The highest BCUT2D eigenvalue weighted by Gasteiger charge is 2.45. The Labute approximate surface area is 62.0 Å². The van der Waals surface area contributed by atoms with Crippen molar-refractivity contribution in [1.82, 2.24) is 4.72 Å². The first-order valence-corrected chi connectivity index (χ1v) is 3.90. The number of halogens is 3. The monoisotopic (exact) mass is 189 g/mol. The summed E-state index contributed by atoms with van der Waals surface area (Å²) in [5.41, 5.74) is -5.55. The molecule has 0 rings (SSSR count). The molecule has 0 saturated heterocycles. The molecule has 0 aromatic carbocycles. The van der Waals surface area contributed by atoms with Crippen LogP contribution in [0.3, 0.4) is 0 Å². The topological polar surface area (TPSA) is 46.2 Å². The molecule has 0 radical (unpaired) electrons. The Morgan fingerprint density at radius 1 is 1.45 bits per heavy atom. The molecule has 0 aliphatic rings. The van der Waals surface area contributed by atoms with Gasteiger partial charge in [-0.1, -0.05) is 6.58 Å². The van der Waals surface area contributed by atoms with Crippen molar-refractivity contribution in [2.45, 2.75) is 12.4 Å². The van der Waals surface area contributed by atoms with Gasteiger partial charge < -0.3 is 0 Å². The van der Waals surface area contributed by atoms with E-state index < -0.39 is 15.5 Å². The summed E-state index contributed by atoms with van der Waals surface area (Å²) in [5.74, 6) is 0. The summed E-state index contributed by atoms with van der Waals surface area (Å²) in [6, 6.07) is 0. The van der Waals surface area contributed by atoms with Crippen LogP contribution in [-0.4, -0.2) is 13.9 Å². The van der Waals surface area contributed by atoms with Gasteiger partial charge in [-0.2, -0.15) is 21.6 Å². The minimum atomic E-state index is -5.27. The van der Waals surface area contributed by atoms with Gasteiger partial charge in [-0.25, -0.2) is 0 Å². The molecule has 0 aromatic rings. The standard InChI is InChI=1S/C4H6F3NO2S/c1-3(2)8-11(9,10)4(5,6)7/h8H,1H2,2H3. The van der Waals surface area contributed by atoms with Gasteiger partial charge in [0.1, 0.15) is 0 Å². The molecular formula is C4H6F3NO2S. The van der Waals surface area contributed by atoms with E-state index in [0.717, 1.165) is 6.92 Å². The lowest BCUT2D eigenvalue weighted by Gasteiger charge is -2.08. The predicted octanol–water partition coefficient (Wildman–Crippen LogP) is 0.959. The molecule has 0 bridgehead atoms. The van der Waals surface area contributed by atoms with Crippen LogP contribution in [0.1, 0.15) is 6.92 Å². The summed E-state index contributed by atoms with van der Waals surface area (Å²) in [5, 5.41) is 0. The van der Waals surface area contributed by atoms with Gasteiger partial charge in [0.2, 0.25) is 0 Å². The highest BCUT2D eigenvalue weighted by Crippen LogP contribution is 2.21. The molecule has 0 amide bonds. The first-order chi connectivity index (χ1) is 4.67. The van der Waals surface area contributed by atoms with E-state index in [4.69, 9.17) is 0 Å². The molecule has 0 atom stereocenters. The first-order valence-electron chi connectivity index (χ1n) is 2.41. The number of nitrogens with one attached hydrogen (secondary N) is 1. The molecule has 0 aromatic heterocycles. The van der Waals surface area contributed by atoms with Gasteiger partial charge in [0, 0.05) is 5.70 Å². The maximum atomic E-state index is 11.5. The van der Waals surface area contributed by atoms with E-state index in [1.807, 2.05) is 0 Å². The van der Waals surface area contributed by atoms with Crippen LogP contribution in [-0.2, 0) is 10.0 Å². The Balaban J connectivity index is 4.64. The fourth-order valence-corrected chi connectivity index (χ4v) is 0.862. The number of allylic oxidation sites excluding steroid dienone is 1. The van der Waals surface area contributed by atoms with Gasteiger partial charge >= 0.3 is 15.5 Å². The Hall–Kier alpha value is -0.720. The third-order valence-corrected chi connectivity index (χ3v) is 1.84. The van der Waals surface area contributed by atoms with Gasteiger partial charge in [-0.05, 0) is 6.92 Å². The van der Waals surface area contributed by atoms with E-state index >= 15 is 0 Å². The lowest BCUT2D eigenvalue weighted by atomic mass is 10.6. The van der Waals surface area contributed by atoms with Crippen molar-refractivity contribution in [3.8, 4) is 0 Å². The van der Waals surface area contributed by atoms with E-state index in [1.54, 1.807) is 0 Å². The van der Waals surface area contributed by atoms with E-state index in [-0.39, 0.29) is 5.70 Å². The molecule has 0 fully saturated rings. The normalized spacial score (nSPS) is 12.7. The van der Waals surface area contributed by atoms with Crippen LogP contribution in [0, 0.1) is 0 Å². The summed E-state index contributed by atoms with van der Waals surface area (Å²) >= 11 is 0. The molecule has 0 spiro atoms. The van der Waals surface area contributed by atoms with Gasteiger partial charge in [-0.3, -0.25) is 4.72 Å². The van der Waals surface area contributed by atoms with Crippen molar-refractivity contribution in [1.29, 1.82) is 0 Å². The zero-order valence-electron chi connectivity index (χ0n) is 5.57. The van der Waals surface area contributed by atoms with Crippen LogP contribution in [0.5, 0.6) is 0 Å². The van der Waals surface area contributed by atoms with Gasteiger partial charge in [0.15, 0.2) is 0 Å². The molecule has 11 heavy (non-hydrogen) atoms. The van der Waals surface area contributed by atoms with Gasteiger partial charge in [0.05, 0.1) is 0 Å². The summed E-state index contributed by atoms with van der Waals surface area (Å²) in [7, 11) is -5.25. The fourth-order valence-electron chi connectivity index (χ4n) is 0.287. The van der Waals surface area contributed by atoms with Crippen LogP contribution >= 0.6 is 0 Å². The largest absolute Gasteiger partial charge is 0.516 e. The number of sulfonamides is 1. The van der Waals surface area contributed by atoms with Crippen molar-refractivity contribution >= 4 is 10.0 Å². The fraction of sp³-hybridized carbons (Fsp3) is 0.500. The molecule has 66 valence electrons. The Morgan fingerprint density at radius 3 is 1.91 bits per heavy atom. The van der Waals surface area contributed by atoms with Gasteiger partial charge in [-0.15, -0.1) is 0 Å². The average Bonchev–Trinajstić information content (AvgIpc) is 1.56. The molecule has 3 nitrogen and oxygen atoms in total. The lowest BCUT2D eigenvalue weighted by molar-refractivity contribution is -0.0445. The smallest absolute Gasteiger partial charge is 0.281 e. The summed E-state index contributed by atoms with van der Waals surface area (Å²) < 4.78 is 56.0. The van der Waals surface area contributed by atoms with Crippen LogP contribution < -0.4 is 4.72 Å². The van der Waals surface area contributed by atoms with Crippen molar-refractivity contribution in [2.75, 3.05) is 0 Å². The zero-order valence-corrected chi connectivity index (χ0v) is 6.38. The lowest BCUT2D eigenvalue weighted by Crippen LogP contribution is -2.34. The average molecular weight is 189 g/mol. The second-order valence-electron chi connectivity index (χ2n) is 1.83. The van der Waals surface area contributed by atoms with Crippen molar-refractivity contribution in [3.63, 3.8) is 0 Å². The second kappa shape index (κ2) is 2.72. The van der Waals surface area contributed by atoms with Crippen LogP contribution in [0.2, 0.25) is 0 Å². The maximum Gasteiger partial charge on any atom is 0.516 e. The van der Waals surface area contributed by atoms with Crippen LogP contribution in [0.4, 0.5) is 13.2 Å². The number of hydrogen-bond acceptors (Lipinski definition) is 2. The third kappa shape index (κ3) is 2.79. The number of alkyl halides is 3. The molecule has 0 heterocycles. The van der Waals surface area contributed by atoms with E-state index in [2.05, 4.69) is 6.58 Å². The first kappa shape index (κ1) is 10.3. The van der Waals surface area contributed by atoms with E-state index in [0.29, 0.717) is 0 Å². The van der Waals surface area contributed by atoms with Crippen LogP contribution in [0.15, 0.2) is 12.3 Å². The molecule has 0 aliphatic heterocycles. The molecule has 0 aliphatic carbocycles. The van der Waals surface area contributed by atoms with Crippen molar-refractivity contribution in [2.24, 2.45) is 0 Å². The highest BCUT2D eigenvalue weighted by molar-refractivity contribution is 7.90. The highest BCUT2D eigenvalue weighted by atomic mass is 32.2. The van der Waals surface area contributed by atoms with Crippen LogP contribution in [0.25, 0.3) is 0 Å². The summed E-state index contributed by atoms with van der Waals surface area (Å²) in [4.78, 5) is 0. The Kier molecular flexibility index (Phi) is 2.55. The molecule has 1 N–H and O–H groups in total. The Morgan fingerprint density at radius 2 is 1.82 bits per heavy atom. The minimum absolute atomic E-state index is 0.276. The Bertz CT molecular complexity index is 253. The SMILES string of the molecule is C=C(C)NS(=O)(=O)C(F)(F)F. The molecular weight excluding hydrogens is 183 g/mol. The molecule has 7 heteroatoms. The second-order valence-corrected chi connectivity index (χ2v) is 3.51. The van der Waals surface area contributed by atoms with Crippen molar-refractivity contribution < 1.29 is 21.6 Å². The summed E-state index contributed by atoms with van der Waals surface area (Å²) in [6.45, 7) is 4.08. The van der Waals surface area contributed by atoms with E-state index in [1.165, 1.54) is 4.72 Å². The minimum Gasteiger partial charge on any atom is -0.281 e. The zero-order chi connectivity index (χ0) is 9.28. The molecule has 0 unspecified atom stereocenters. The van der Waals surface area contributed by atoms with E-state index in [9.17, 15) is 21.6 Å². The van der Waals surface area contributed by atoms with Gasteiger partial charge in [0.25, 0.3) is 0 Å². The number of rotatable bonds is 2. The predicted molar refractivity (Wildman–Crippen MR) is 32.9 cm³/mol.